The Morgan fingerprint density at radius 1 is 1.11 bits per heavy atom. The smallest absolute Gasteiger partial charge is 0.444 e. The van der Waals surface area contributed by atoms with Gasteiger partial charge in [0.25, 0.3) is 5.91 Å². The predicted molar refractivity (Wildman–Crippen MR) is 149 cm³/mol. The van der Waals surface area contributed by atoms with Gasteiger partial charge in [0.15, 0.2) is 5.82 Å². The number of likely N-dealkylation sites (tertiary alicyclic amines) is 1. The number of anilines is 1. The zero-order valence-electron chi connectivity index (χ0n) is 23.3. The minimum Gasteiger partial charge on any atom is -0.444 e. The lowest BCUT2D eigenvalue weighted by molar-refractivity contribution is 0.00578. The monoisotopic (exact) mass is 541 g/mol. The Balaban J connectivity index is 1.60. The molecule has 2 aliphatic heterocycles. The van der Waals surface area contributed by atoms with Crippen molar-refractivity contribution in [3.05, 3.63) is 53.2 Å². The van der Waals surface area contributed by atoms with E-state index >= 15 is 0 Å². The van der Waals surface area contributed by atoms with E-state index in [1.807, 2.05) is 60.6 Å². The molecule has 2 saturated heterocycles. The molecule has 0 bridgehead atoms. The van der Waals surface area contributed by atoms with E-state index in [9.17, 15) is 9.59 Å². The number of ether oxygens (including phenoxy) is 1. The van der Waals surface area contributed by atoms with Crippen molar-refractivity contribution in [1.29, 1.82) is 0 Å². The number of rotatable bonds is 4. The number of nitrogens with zero attached hydrogens (tertiary/aromatic N) is 3. The third-order valence-corrected chi connectivity index (χ3v) is 7.58. The fourth-order valence-electron chi connectivity index (χ4n) is 4.55. The summed E-state index contributed by atoms with van der Waals surface area (Å²) in [7, 11) is -0.522. The number of halogens is 1. The number of carbonyl (C=O) groups is 2. The van der Waals surface area contributed by atoms with Gasteiger partial charge in [0.05, 0.1) is 22.3 Å². The highest BCUT2D eigenvalue weighted by molar-refractivity contribution is 6.62. The predicted octanol–water partition coefficient (Wildman–Crippen LogP) is 5.08. The highest BCUT2D eigenvalue weighted by atomic mass is 35.5. The van der Waals surface area contributed by atoms with Crippen LogP contribution in [0.2, 0.25) is 5.02 Å². The second kappa shape index (κ2) is 10.5. The van der Waals surface area contributed by atoms with Crippen LogP contribution >= 0.6 is 11.6 Å². The standard InChI is InChI=1S/C28H37BClN3O5/c1-26(2,3)36-25(35)32-17-9-10-21(18-32)33(23-22(30)11-8-16-31-23)24(34)19-12-14-20(15-13-19)29-37-27(4,5)28(6,7)38-29/h8,11-16,21H,9-10,17-18H2,1-7H3. The Kier molecular flexibility index (Phi) is 7.85. The van der Waals surface area contributed by atoms with E-state index < -0.39 is 30.0 Å². The number of piperidine rings is 1. The van der Waals surface area contributed by atoms with Crippen LogP contribution in [0.15, 0.2) is 42.6 Å². The van der Waals surface area contributed by atoms with E-state index in [-0.39, 0.29) is 11.9 Å². The van der Waals surface area contributed by atoms with Crippen LogP contribution in [0.5, 0.6) is 0 Å². The van der Waals surface area contributed by atoms with E-state index in [4.69, 9.17) is 25.6 Å². The van der Waals surface area contributed by atoms with E-state index in [1.54, 1.807) is 40.3 Å². The van der Waals surface area contributed by atoms with Crippen LogP contribution in [-0.2, 0) is 14.0 Å². The van der Waals surface area contributed by atoms with Crippen molar-refractivity contribution >= 4 is 42.0 Å². The number of pyridine rings is 1. The Hall–Kier alpha value is -2.62. The molecule has 8 nitrogen and oxygen atoms in total. The summed E-state index contributed by atoms with van der Waals surface area (Å²) >= 11 is 6.53. The Morgan fingerprint density at radius 2 is 1.74 bits per heavy atom. The van der Waals surface area contributed by atoms with E-state index in [0.717, 1.165) is 11.9 Å². The number of aromatic nitrogens is 1. The summed E-state index contributed by atoms with van der Waals surface area (Å²) in [6.07, 6.45) is 2.63. The van der Waals surface area contributed by atoms with Crippen molar-refractivity contribution in [3.63, 3.8) is 0 Å². The average Bonchev–Trinajstić information content (AvgIpc) is 3.06. The van der Waals surface area contributed by atoms with Crippen molar-refractivity contribution in [2.45, 2.75) is 84.2 Å². The van der Waals surface area contributed by atoms with Crippen molar-refractivity contribution in [2.75, 3.05) is 18.0 Å². The molecule has 1 atom stereocenters. The number of hydrogen-bond acceptors (Lipinski definition) is 6. The maximum Gasteiger partial charge on any atom is 0.494 e. The molecule has 0 spiro atoms. The van der Waals surface area contributed by atoms with Gasteiger partial charge < -0.3 is 18.9 Å². The molecular weight excluding hydrogens is 505 g/mol. The molecule has 0 aliphatic carbocycles. The largest absolute Gasteiger partial charge is 0.494 e. The first-order valence-corrected chi connectivity index (χ1v) is 13.4. The number of hydrogen-bond donors (Lipinski definition) is 0. The average molecular weight is 542 g/mol. The zero-order chi connectivity index (χ0) is 27.9. The summed E-state index contributed by atoms with van der Waals surface area (Å²) in [6, 6.07) is 10.3. The lowest BCUT2D eigenvalue weighted by Crippen LogP contribution is -2.53. The van der Waals surface area contributed by atoms with Gasteiger partial charge in [0, 0.05) is 24.8 Å². The van der Waals surface area contributed by atoms with Gasteiger partial charge in [-0.15, -0.1) is 0 Å². The summed E-state index contributed by atoms with van der Waals surface area (Å²) in [4.78, 5) is 34.5. The maximum atomic E-state index is 14.0. The maximum absolute atomic E-state index is 14.0. The minimum atomic E-state index is -0.608. The van der Waals surface area contributed by atoms with Gasteiger partial charge in [-0.05, 0) is 91.0 Å². The second-order valence-electron chi connectivity index (χ2n) is 11.9. The first-order valence-electron chi connectivity index (χ1n) is 13.1. The molecule has 38 heavy (non-hydrogen) atoms. The number of benzene rings is 1. The van der Waals surface area contributed by atoms with E-state index in [0.29, 0.717) is 35.9 Å². The number of amides is 2. The molecule has 1 unspecified atom stereocenters. The van der Waals surface area contributed by atoms with Crippen LogP contribution in [0.3, 0.4) is 0 Å². The van der Waals surface area contributed by atoms with Gasteiger partial charge in [-0.2, -0.15) is 0 Å². The highest BCUT2D eigenvalue weighted by Crippen LogP contribution is 2.36. The quantitative estimate of drug-likeness (QED) is 0.502. The molecule has 4 rings (SSSR count). The first-order chi connectivity index (χ1) is 17.7. The molecule has 0 N–H and O–H groups in total. The Bertz CT molecular complexity index is 1170. The van der Waals surface area contributed by atoms with Crippen LogP contribution in [-0.4, -0.2) is 64.9 Å². The lowest BCUT2D eigenvalue weighted by Gasteiger charge is -2.39. The third kappa shape index (κ3) is 6.00. The van der Waals surface area contributed by atoms with Crippen molar-refractivity contribution in [3.8, 4) is 0 Å². The van der Waals surface area contributed by atoms with Gasteiger partial charge in [0.2, 0.25) is 0 Å². The van der Waals surface area contributed by atoms with Gasteiger partial charge in [-0.25, -0.2) is 9.78 Å². The third-order valence-electron chi connectivity index (χ3n) is 7.28. The molecule has 0 saturated carbocycles. The van der Waals surface area contributed by atoms with Crippen molar-refractivity contribution in [1.82, 2.24) is 9.88 Å². The van der Waals surface area contributed by atoms with Crippen LogP contribution in [0.4, 0.5) is 10.6 Å². The second-order valence-corrected chi connectivity index (χ2v) is 12.3. The van der Waals surface area contributed by atoms with Crippen LogP contribution in [0.25, 0.3) is 0 Å². The van der Waals surface area contributed by atoms with Gasteiger partial charge in [-0.3, -0.25) is 9.69 Å². The summed E-state index contributed by atoms with van der Waals surface area (Å²) in [6.45, 7) is 14.4. The molecule has 10 heteroatoms. The molecule has 1 aromatic heterocycles. The zero-order valence-corrected chi connectivity index (χ0v) is 24.0. The topological polar surface area (TPSA) is 81.2 Å². The molecule has 2 aromatic rings. The fourth-order valence-corrected chi connectivity index (χ4v) is 4.76. The van der Waals surface area contributed by atoms with Crippen molar-refractivity contribution < 1.29 is 23.6 Å². The molecule has 204 valence electrons. The van der Waals surface area contributed by atoms with Gasteiger partial charge in [0.1, 0.15) is 5.60 Å². The van der Waals surface area contributed by atoms with Crippen LogP contribution in [0, 0.1) is 0 Å². The molecule has 2 aliphatic rings. The molecule has 0 radical (unpaired) electrons. The molecule has 2 amide bonds. The molecule has 2 fully saturated rings. The van der Waals surface area contributed by atoms with Gasteiger partial charge in [-0.1, -0.05) is 23.7 Å². The molecular formula is C28H37BClN3O5. The van der Waals surface area contributed by atoms with Gasteiger partial charge >= 0.3 is 13.2 Å². The van der Waals surface area contributed by atoms with Crippen molar-refractivity contribution in [2.24, 2.45) is 0 Å². The summed E-state index contributed by atoms with van der Waals surface area (Å²) in [5, 5.41) is 0.365. The first kappa shape index (κ1) is 28.4. The van der Waals surface area contributed by atoms with Crippen LogP contribution < -0.4 is 10.4 Å². The number of carbonyl (C=O) groups excluding carboxylic acids is 2. The summed E-state index contributed by atoms with van der Waals surface area (Å²) in [5.41, 5.74) is -0.222. The van der Waals surface area contributed by atoms with E-state index in [2.05, 4.69) is 4.98 Å². The summed E-state index contributed by atoms with van der Waals surface area (Å²) in [5.74, 6) is 0.118. The Labute approximate surface area is 230 Å². The SMILES string of the molecule is CC(C)(C)OC(=O)N1CCCC(N(C(=O)c2ccc(B3OC(C)(C)C(C)(C)O3)cc2)c2ncccc2Cl)C1. The Morgan fingerprint density at radius 3 is 2.32 bits per heavy atom. The lowest BCUT2D eigenvalue weighted by atomic mass is 9.79. The summed E-state index contributed by atoms with van der Waals surface area (Å²) < 4.78 is 17.9. The normalized spacial score (nSPS) is 20.8. The molecule has 3 heterocycles. The van der Waals surface area contributed by atoms with E-state index in [1.165, 1.54) is 0 Å². The fraction of sp³-hybridized carbons (Fsp3) is 0.536. The molecule has 1 aromatic carbocycles. The minimum absolute atomic E-state index is 0.248. The van der Waals surface area contributed by atoms with Crippen LogP contribution in [0.1, 0.15) is 71.7 Å². The highest BCUT2D eigenvalue weighted by Gasteiger charge is 2.51.